The van der Waals surface area contributed by atoms with Gasteiger partial charge in [-0.05, 0) is 29.8 Å². The molecule has 0 aliphatic carbocycles. The minimum atomic E-state index is -3.82. The molecule has 0 atom stereocenters. The lowest BCUT2D eigenvalue weighted by atomic mass is 10.3. The number of benzene rings is 1. The van der Waals surface area contributed by atoms with Gasteiger partial charge in [-0.15, -0.1) is 0 Å². The number of aromatic nitrogens is 1. The molecule has 0 aliphatic rings. The predicted octanol–water partition coefficient (Wildman–Crippen LogP) is 1.33. The molecule has 0 fully saturated rings. The van der Waals surface area contributed by atoms with Crippen molar-refractivity contribution in [1.82, 2.24) is 15.0 Å². The Morgan fingerprint density at radius 2 is 1.82 bits per heavy atom. The number of nitrogens with one attached hydrogen (secondary N) is 2. The first kappa shape index (κ1) is 16.4. The third kappa shape index (κ3) is 4.52. The highest BCUT2D eigenvalue weighted by Crippen LogP contribution is 2.19. The molecule has 8 heteroatoms. The lowest BCUT2D eigenvalue weighted by molar-refractivity contribution is -0.120. The molecule has 0 saturated carbocycles. The van der Waals surface area contributed by atoms with Crippen LogP contribution in [0.2, 0.25) is 5.02 Å². The predicted molar refractivity (Wildman–Crippen MR) is 82.7 cm³/mol. The third-order valence-electron chi connectivity index (χ3n) is 2.79. The number of hydrogen-bond acceptors (Lipinski definition) is 4. The lowest BCUT2D eigenvalue weighted by Gasteiger charge is -2.09. The van der Waals surface area contributed by atoms with E-state index in [2.05, 4.69) is 15.0 Å². The summed E-state index contributed by atoms with van der Waals surface area (Å²) in [4.78, 5) is 15.5. The SMILES string of the molecule is O=C(CNS(=O)(=O)c1ccccc1Cl)NCc1ccncc1. The molecule has 0 radical (unpaired) electrons. The van der Waals surface area contributed by atoms with E-state index < -0.39 is 15.9 Å². The fourth-order valence-electron chi connectivity index (χ4n) is 1.66. The van der Waals surface area contributed by atoms with Crippen LogP contribution in [0.5, 0.6) is 0 Å². The molecule has 0 unspecified atom stereocenters. The number of carbonyl (C=O) groups is 1. The summed E-state index contributed by atoms with van der Waals surface area (Å²) in [7, 11) is -3.82. The zero-order valence-corrected chi connectivity index (χ0v) is 13.1. The van der Waals surface area contributed by atoms with Gasteiger partial charge in [0.25, 0.3) is 0 Å². The topological polar surface area (TPSA) is 88.2 Å². The first-order valence-electron chi connectivity index (χ1n) is 6.39. The van der Waals surface area contributed by atoms with E-state index >= 15 is 0 Å². The standard InChI is InChI=1S/C14H14ClN3O3S/c15-12-3-1-2-4-13(12)22(20,21)18-10-14(19)17-9-11-5-7-16-8-6-11/h1-8,18H,9-10H2,(H,17,19). The molecule has 0 spiro atoms. The maximum absolute atomic E-state index is 12.0. The van der Waals surface area contributed by atoms with Gasteiger partial charge in [-0.2, -0.15) is 0 Å². The molecule has 116 valence electrons. The molecular formula is C14H14ClN3O3S. The van der Waals surface area contributed by atoms with E-state index in [4.69, 9.17) is 11.6 Å². The molecule has 2 N–H and O–H groups in total. The van der Waals surface area contributed by atoms with E-state index in [1.807, 2.05) is 0 Å². The van der Waals surface area contributed by atoms with Gasteiger partial charge in [0.2, 0.25) is 15.9 Å². The van der Waals surface area contributed by atoms with Gasteiger partial charge in [0.05, 0.1) is 11.6 Å². The first-order valence-corrected chi connectivity index (χ1v) is 8.25. The number of amides is 1. The van der Waals surface area contributed by atoms with Gasteiger partial charge in [0.1, 0.15) is 4.90 Å². The smallest absolute Gasteiger partial charge is 0.242 e. The average molecular weight is 340 g/mol. The number of rotatable bonds is 6. The highest BCUT2D eigenvalue weighted by atomic mass is 35.5. The molecule has 0 saturated heterocycles. The quantitative estimate of drug-likeness (QED) is 0.831. The normalized spacial score (nSPS) is 11.1. The Hall–Kier alpha value is -1.96. The second-order valence-electron chi connectivity index (χ2n) is 4.39. The number of nitrogens with zero attached hydrogens (tertiary/aromatic N) is 1. The van der Waals surface area contributed by atoms with Crippen LogP contribution in [0.25, 0.3) is 0 Å². The highest BCUT2D eigenvalue weighted by Gasteiger charge is 2.18. The summed E-state index contributed by atoms with van der Waals surface area (Å²) < 4.78 is 26.3. The highest BCUT2D eigenvalue weighted by molar-refractivity contribution is 7.89. The summed E-state index contributed by atoms with van der Waals surface area (Å²) in [6, 6.07) is 9.55. The van der Waals surface area contributed by atoms with Crippen molar-refractivity contribution in [2.45, 2.75) is 11.4 Å². The second kappa shape index (κ2) is 7.35. The Balaban J connectivity index is 1.89. The van der Waals surface area contributed by atoms with E-state index in [0.29, 0.717) is 6.54 Å². The van der Waals surface area contributed by atoms with Gasteiger partial charge >= 0.3 is 0 Å². The van der Waals surface area contributed by atoms with Crippen molar-refractivity contribution in [1.29, 1.82) is 0 Å². The van der Waals surface area contributed by atoms with Crippen LogP contribution in [0.15, 0.2) is 53.7 Å². The van der Waals surface area contributed by atoms with E-state index in [-0.39, 0.29) is 16.5 Å². The second-order valence-corrected chi connectivity index (χ2v) is 6.53. The Kier molecular flexibility index (Phi) is 5.48. The molecular weight excluding hydrogens is 326 g/mol. The van der Waals surface area contributed by atoms with E-state index in [1.54, 1.807) is 36.7 Å². The van der Waals surface area contributed by atoms with Gasteiger partial charge in [-0.1, -0.05) is 23.7 Å². The molecule has 1 amide bonds. The number of sulfonamides is 1. The summed E-state index contributed by atoms with van der Waals surface area (Å²) in [5, 5.41) is 2.71. The molecule has 22 heavy (non-hydrogen) atoms. The van der Waals surface area contributed by atoms with Crippen molar-refractivity contribution >= 4 is 27.5 Å². The molecule has 0 aliphatic heterocycles. The van der Waals surface area contributed by atoms with Gasteiger partial charge < -0.3 is 5.32 Å². The van der Waals surface area contributed by atoms with Crippen molar-refractivity contribution < 1.29 is 13.2 Å². The summed E-state index contributed by atoms with van der Waals surface area (Å²) in [6.07, 6.45) is 3.23. The summed E-state index contributed by atoms with van der Waals surface area (Å²) in [6.45, 7) is -0.0617. The zero-order valence-electron chi connectivity index (χ0n) is 11.5. The van der Waals surface area contributed by atoms with Crippen molar-refractivity contribution in [2.24, 2.45) is 0 Å². The van der Waals surface area contributed by atoms with Crippen molar-refractivity contribution in [3.63, 3.8) is 0 Å². The van der Waals surface area contributed by atoms with Gasteiger partial charge in [-0.25, -0.2) is 13.1 Å². The Morgan fingerprint density at radius 3 is 2.50 bits per heavy atom. The monoisotopic (exact) mass is 339 g/mol. The number of hydrogen-bond donors (Lipinski definition) is 2. The fraction of sp³-hybridized carbons (Fsp3) is 0.143. The number of halogens is 1. The maximum Gasteiger partial charge on any atom is 0.242 e. The largest absolute Gasteiger partial charge is 0.351 e. The van der Waals surface area contributed by atoms with Crippen LogP contribution in [-0.2, 0) is 21.4 Å². The molecule has 0 bridgehead atoms. The molecule has 2 aromatic rings. The Labute approximate surface area is 133 Å². The minimum Gasteiger partial charge on any atom is -0.351 e. The third-order valence-corrected chi connectivity index (χ3v) is 4.69. The van der Waals surface area contributed by atoms with Crippen LogP contribution in [0.3, 0.4) is 0 Å². The Morgan fingerprint density at radius 1 is 1.14 bits per heavy atom. The molecule has 6 nitrogen and oxygen atoms in total. The van der Waals surface area contributed by atoms with E-state index in [9.17, 15) is 13.2 Å². The van der Waals surface area contributed by atoms with Crippen molar-refractivity contribution in [3.05, 3.63) is 59.4 Å². The van der Waals surface area contributed by atoms with Gasteiger partial charge in [-0.3, -0.25) is 9.78 Å². The fourth-order valence-corrected chi connectivity index (χ4v) is 3.16. The van der Waals surface area contributed by atoms with Crippen LogP contribution in [0.1, 0.15) is 5.56 Å². The van der Waals surface area contributed by atoms with Gasteiger partial charge in [0, 0.05) is 18.9 Å². The average Bonchev–Trinajstić information content (AvgIpc) is 2.52. The van der Waals surface area contributed by atoms with Crippen LogP contribution >= 0.6 is 11.6 Å². The number of carbonyl (C=O) groups excluding carboxylic acids is 1. The van der Waals surface area contributed by atoms with Crippen LogP contribution < -0.4 is 10.0 Å². The molecule has 2 rings (SSSR count). The summed E-state index contributed by atoms with van der Waals surface area (Å²) in [5.41, 5.74) is 0.873. The summed E-state index contributed by atoms with van der Waals surface area (Å²) in [5.74, 6) is -0.438. The van der Waals surface area contributed by atoms with Crippen LogP contribution in [0.4, 0.5) is 0 Å². The van der Waals surface area contributed by atoms with E-state index in [1.165, 1.54) is 12.1 Å². The first-order chi connectivity index (χ1) is 10.5. The van der Waals surface area contributed by atoms with Crippen molar-refractivity contribution in [3.8, 4) is 0 Å². The van der Waals surface area contributed by atoms with E-state index in [0.717, 1.165) is 5.56 Å². The maximum atomic E-state index is 12.0. The number of pyridine rings is 1. The molecule has 1 aromatic heterocycles. The molecule has 1 heterocycles. The van der Waals surface area contributed by atoms with Crippen LogP contribution in [0, 0.1) is 0 Å². The van der Waals surface area contributed by atoms with Crippen LogP contribution in [-0.4, -0.2) is 25.9 Å². The minimum absolute atomic E-state index is 0.0569. The lowest BCUT2D eigenvalue weighted by Crippen LogP contribution is -2.36. The molecule has 1 aromatic carbocycles. The van der Waals surface area contributed by atoms with Crippen molar-refractivity contribution in [2.75, 3.05) is 6.54 Å². The van der Waals surface area contributed by atoms with Gasteiger partial charge in [0.15, 0.2) is 0 Å². The summed E-state index contributed by atoms with van der Waals surface area (Å²) >= 11 is 5.84. The zero-order chi connectivity index (χ0) is 16.0. The Bertz CT molecular complexity index is 751.